The van der Waals surface area contributed by atoms with E-state index in [2.05, 4.69) is 28.6 Å². The molecule has 4 heteroatoms. The molecule has 1 amide bonds. The Kier molecular flexibility index (Phi) is 4.73. The van der Waals surface area contributed by atoms with Crippen molar-refractivity contribution in [2.24, 2.45) is 5.92 Å². The molecule has 1 aliphatic rings. The number of rotatable bonds is 3. The number of hydrogen-bond donors (Lipinski definition) is 1. The fourth-order valence-electron chi connectivity index (χ4n) is 2.55. The van der Waals surface area contributed by atoms with Crippen LogP contribution < -0.4 is 0 Å². The Hall–Kier alpha value is -0.480. The smallest absolute Gasteiger partial charge is 0.254 e. The summed E-state index contributed by atoms with van der Waals surface area (Å²) in [6, 6.07) is 5.58. The Balaban J connectivity index is 2.05. The quantitative estimate of drug-likeness (QED) is 0.832. The lowest BCUT2D eigenvalue weighted by atomic mass is 10.1. The molecule has 0 spiro atoms. The fourth-order valence-corrected chi connectivity index (χ4v) is 3.40. The Morgan fingerprint density at radius 1 is 1.44 bits per heavy atom. The van der Waals surface area contributed by atoms with E-state index in [1.54, 1.807) is 0 Å². The summed E-state index contributed by atoms with van der Waals surface area (Å²) >= 11 is 7.75. The minimum Gasteiger partial charge on any atom is -0.341 e. The van der Waals surface area contributed by atoms with E-state index in [-0.39, 0.29) is 5.91 Å². The zero-order valence-corrected chi connectivity index (χ0v) is 13.0. The Labute approximate surface area is 122 Å². The third-order valence-corrected chi connectivity index (χ3v) is 4.41. The third-order valence-electron chi connectivity index (χ3n) is 3.54. The van der Waals surface area contributed by atoms with Gasteiger partial charge in [0.25, 0.3) is 5.91 Å². The topological polar surface area (TPSA) is 20.3 Å². The van der Waals surface area contributed by atoms with Gasteiger partial charge in [0.2, 0.25) is 0 Å². The number of halogens is 1. The van der Waals surface area contributed by atoms with Crippen molar-refractivity contribution in [3.05, 3.63) is 28.2 Å². The van der Waals surface area contributed by atoms with Gasteiger partial charge < -0.3 is 4.90 Å². The Bertz CT molecular complexity index is 443. The zero-order chi connectivity index (χ0) is 13.1. The van der Waals surface area contributed by atoms with Gasteiger partial charge in [0.05, 0.1) is 5.56 Å². The van der Waals surface area contributed by atoms with Crippen LogP contribution in [0.15, 0.2) is 27.6 Å². The molecule has 98 valence electrons. The van der Waals surface area contributed by atoms with Crippen LogP contribution >= 0.6 is 28.6 Å². The number of nitrogens with zero attached hydrogens (tertiary/aromatic N) is 1. The van der Waals surface area contributed by atoms with Crippen molar-refractivity contribution in [1.82, 2.24) is 4.90 Å². The molecule has 0 saturated heterocycles. The van der Waals surface area contributed by atoms with Gasteiger partial charge in [0.1, 0.15) is 0 Å². The lowest BCUT2D eigenvalue weighted by Gasteiger charge is -2.21. The summed E-state index contributed by atoms with van der Waals surface area (Å²) in [7, 11) is 1.88. The van der Waals surface area contributed by atoms with E-state index in [9.17, 15) is 4.79 Å². The first-order valence-electron chi connectivity index (χ1n) is 6.32. The van der Waals surface area contributed by atoms with Crippen LogP contribution in [-0.2, 0) is 0 Å². The third kappa shape index (κ3) is 3.29. The molecular weight excluding hydrogens is 310 g/mol. The highest BCUT2D eigenvalue weighted by Crippen LogP contribution is 2.26. The van der Waals surface area contributed by atoms with Gasteiger partial charge in [-0.15, -0.1) is 12.6 Å². The van der Waals surface area contributed by atoms with Crippen molar-refractivity contribution in [1.29, 1.82) is 0 Å². The molecule has 0 bridgehead atoms. The molecule has 0 N–H and O–H groups in total. The Morgan fingerprint density at radius 2 is 2.11 bits per heavy atom. The molecule has 0 aromatic heterocycles. The summed E-state index contributed by atoms with van der Waals surface area (Å²) in [5.74, 6) is 0.747. The zero-order valence-electron chi connectivity index (χ0n) is 10.5. The van der Waals surface area contributed by atoms with Crippen LogP contribution in [0.2, 0.25) is 0 Å². The maximum atomic E-state index is 12.3. The molecule has 0 radical (unpaired) electrons. The number of thiol groups is 1. The van der Waals surface area contributed by atoms with Gasteiger partial charge in [-0.25, -0.2) is 0 Å². The van der Waals surface area contributed by atoms with E-state index in [4.69, 9.17) is 0 Å². The molecule has 1 aliphatic carbocycles. The second-order valence-corrected chi connectivity index (χ2v) is 6.40. The van der Waals surface area contributed by atoms with Crippen LogP contribution in [0.25, 0.3) is 0 Å². The van der Waals surface area contributed by atoms with Gasteiger partial charge in [0, 0.05) is 23.0 Å². The maximum Gasteiger partial charge on any atom is 0.254 e. The predicted octanol–water partition coefficient (Wildman–Crippen LogP) is 4.00. The average Bonchev–Trinajstić information content (AvgIpc) is 2.81. The van der Waals surface area contributed by atoms with Gasteiger partial charge in [-0.2, -0.15) is 0 Å². The first-order valence-corrected chi connectivity index (χ1v) is 7.56. The van der Waals surface area contributed by atoms with Gasteiger partial charge in [-0.1, -0.05) is 28.8 Å². The van der Waals surface area contributed by atoms with Crippen LogP contribution in [0.5, 0.6) is 0 Å². The summed E-state index contributed by atoms with van der Waals surface area (Å²) in [6.07, 6.45) is 5.13. The van der Waals surface area contributed by atoms with E-state index in [0.717, 1.165) is 15.9 Å². The summed E-state index contributed by atoms with van der Waals surface area (Å²) in [5, 5.41) is 0. The molecule has 0 unspecified atom stereocenters. The summed E-state index contributed by atoms with van der Waals surface area (Å²) < 4.78 is 0.947. The van der Waals surface area contributed by atoms with Gasteiger partial charge in [-0.05, 0) is 37.0 Å². The van der Waals surface area contributed by atoms with Crippen molar-refractivity contribution < 1.29 is 4.79 Å². The van der Waals surface area contributed by atoms with Gasteiger partial charge in [-0.3, -0.25) is 4.79 Å². The minimum atomic E-state index is 0.0689. The normalized spacial score (nSPS) is 15.9. The fraction of sp³-hybridized carbons (Fsp3) is 0.500. The molecule has 1 aromatic carbocycles. The first kappa shape index (κ1) is 13.9. The van der Waals surface area contributed by atoms with Crippen molar-refractivity contribution >= 4 is 34.5 Å². The number of benzene rings is 1. The van der Waals surface area contributed by atoms with E-state index in [0.29, 0.717) is 11.5 Å². The average molecular weight is 328 g/mol. The van der Waals surface area contributed by atoms with Crippen LogP contribution in [0.4, 0.5) is 0 Å². The largest absolute Gasteiger partial charge is 0.341 e. The van der Waals surface area contributed by atoms with E-state index in [1.165, 1.54) is 25.7 Å². The van der Waals surface area contributed by atoms with Crippen molar-refractivity contribution in [3.63, 3.8) is 0 Å². The molecule has 0 heterocycles. The molecule has 2 rings (SSSR count). The lowest BCUT2D eigenvalue weighted by Crippen LogP contribution is -2.31. The van der Waals surface area contributed by atoms with Crippen LogP contribution in [-0.4, -0.2) is 24.4 Å². The highest BCUT2D eigenvalue weighted by atomic mass is 79.9. The number of carbonyl (C=O) groups is 1. The number of amides is 1. The molecule has 2 nitrogen and oxygen atoms in total. The summed E-state index contributed by atoms with van der Waals surface area (Å²) in [6.45, 7) is 0.863. The molecule has 1 aromatic rings. The maximum absolute atomic E-state index is 12.3. The van der Waals surface area contributed by atoms with E-state index < -0.39 is 0 Å². The SMILES string of the molecule is CN(CC1CCCC1)C(=O)c1ccc(Br)cc1S. The van der Waals surface area contributed by atoms with Crippen LogP contribution in [0, 0.1) is 5.92 Å². The molecule has 0 aliphatic heterocycles. The molecule has 18 heavy (non-hydrogen) atoms. The standard InChI is InChI=1S/C14H18BrNOS/c1-16(9-10-4-2-3-5-10)14(17)12-7-6-11(15)8-13(12)18/h6-8,10,18H,2-5,9H2,1H3. The number of carbonyl (C=O) groups excluding carboxylic acids is 1. The van der Waals surface area contributed by atoms with E-state index >= 15 is 0 Å². The van der Waals surface area contributed by atoms with E-state index in [1.807, 2.05) is 30.1 Å². The van der Waals surface area contributed by atoms with Gasteiger partial charge >= 0.3 is 0 Å². The highest BCUT2D eigenvalue weighted by molar-refractivity contribution is 9.10. The van der Waals surface area contributed by atoms with Crippen molar-refractivity contribution in [3.8, 4) is 0 Å². The van der Waals surface area contributed by atoms with Crippen molar-refractivity contribution in [2.75, 3.05) is 13.6 Å². The van der Waals surface area contributed by atoms with Gasteiger partial charge in [0.15, 0.2) is 0 Å². The predicted molar refractivity (Wildman–Crippen MR) is 80.3 cm³/mol. The first-order chi connectivity index (χ1) is 8.58. The van der Waals surface area contributed by atoms with Crippen LogP contribution in [0.1, 0.15) is 36.0 Å². The number of hydrogen-bond acceptors (Lipinski definition) is 2. The highest BCUT2D eigenvalue weighted by Gasteiger charge is 2.21. The second kappa shape index (κ2) is 6.11. The lowest BCUT2D eigenvalue weighted by molar-refractivity contribution is 0.0770. The molecule has 0 atom stereocenters. The molecule has 1 saturated carbocycles. The summed E-state index contributed by atoms with van der Waals surface area (Å²) in [5.41, 5.74) is 0.682. The minimum absolute atomic E-state index is 0.0689. The van der Waals surface area contributed by atoms with Crippen molar-refractivity contribution in [2.45, 2.75) is 30.6 Å². The second-order valence-electron chi connectivity index (χ2n) is 5.00. The molecule has 1 fully saturated rings. The van der Waals surface area contributed by atoms with Crippen LogP contribution in [0.3, 0.4) is 0 Å². The monoisotopic (exact) mass is 327 g/mol. The Morgan fingerprint density at radius 3 is 2.72 bits per heavy atom. The molecular formula is C14H18BrNOS. The summed E-state index contributed by atoms with van der Waals surface area (Å²) in [4.78, 5) is 14.9.